The molecule has 6 N–H and O–H groups in total. The normalized spacial score (nSPS) is 22.5. The van der Waals surface area contributed by atoms with Crippen LogP contribution in [0, 0.1) is 34.5 Å². The lowest BCUT2D eigenvalue weighted by molar-refractivity contribution is -0.144. The van der Waals surface area contributed by atoms with Crippen molar-refractivity contribution in [3.8, 4) is 0 Å². The van der Waals surface area contributed by atoms with Crippen LogP contribution in [0.1, 0.15) is 209 Å². The lowest BCUT2D eigenvalue weighted by Gasteiger charge is -2.35. The minimum absolute atomic E-state index is 0. The SMILES string of the molecule is C.C.C=CCC(C)(C)CCC(=O)C[C@H](C(=O)N[C@@H](C)C(=O)N1CCC[C@@H](C(=O)N[C@H](C)c2cccc(C=C)c2)N1)C(C)C.CC(C)[C@@H]1CC(=O)CCC(C)(C)C/C=C/c2cccc(c2)[C@@H](C)NC(=O)[C@@H]2CCCN(N2)C(=O)[C@H](C)NC1=O. The van der Waals surface area contributed by atoms with Crippen molar-refractivity contribution in [1.29, 1.82) is 0 Å². The number of amides is 6. The molecular formula is C66H104N8O8. The minimum Gasteiger partial charge on any atom is -0.348 e. The van der Waals surface area contributed by atoms with Crippen LogP contribution in [0.3, 0.4) is 0 Å². The number of ketones is 2. The molecule has 0 radical (unpaired) electrons. The van der Waals surface area contributed by atoms with Gasteiger partial charge in [0.25, 0.3) is 11.8 Å². The van der Waals surface area contributed by atoms with Gasteiger partial charge in [0.15, 0.2) is 0 Å². The van der Waals surface area contributed by atoms with E-state index in [0.717, 1.165) is 47.9 Å². The van der Waals surface area contributed by atoms with Crippen molar-refractivity contribution in [3.05, 3.63) is 96.1 Å². The highest BCUT2D eigenvalue weighted by atomic mass is 16.2. The van der Waals surface area contributed by atoms with Gasteiger partial charge >= 0.3 is 0 Å². The van der Waals surface area contributed by atoms with E-state index in [1.165, 1.54) is 10.0 Å². The molecule has 456 valence electrons. The second kappa shape index (κ2) is 33.7. The van der Waals surface area contributed by atoms with Gasteiger partial charge in [-0.05, 0) is 136 Å². The highest BCUT2D eigenvalue weighted by Crippen LogP contribution is 2.31. The Morgan fingerprint density at radius 3 is 2.17 bits per heavy atom. The number of fused-ring (bicyclic) bond motifs is 4. The first-order valence-corrected chi connectivity index (χ1v) is 29.1. The summed E-state index contributed by atoms with van der Waals surface area (Å²) in [6.45, 7) is 31.8. The minimum atomic E-state index is -0.805. The fourth-order valence-corrected chi connectivity index (χ4v) is 10.2. The van der Waals surface area contributed by atoms with Crippen molar-refractivity contribution in [2.45, 2.75) is 211 Å². The third-order valence-electron chi connectivity index (χ3n) is 15.8. The number of rotatable bonds is 16. The van der Waals surface area contributed by atoms with Crippen LogP contribution >= 0.6 is 0 Å². The van der Waals surface area contributed by atoms with Crippen LogP contribution in [0.15, 0.2) is 73.8 Å². The molecule has 0 saturated carbocycles. The van der Waals surface area contributed by atoms with Gasteiger partial charge in [-0.15, -0.1) is 6.58 Å². The summed E-state index contributed by atoms with van der Waals surface area (Å²) in [7, 11) is 0. The lowest BCUT2D eigenvalue weighted by Crippen LogP contribution is -2.61. The first-order valence-electron chi connectivity index (χ1n) is 29.1. The second-order valence-electron chi connectivity index (χ2n) is 24.7. The van der Waals surface area contributed by atoms with E-state index in [-0.39, 0.29) is 109 Å². The van der Waals surface area contributed by atoms with Crippen LogP contribution in [-0.4, -0.2) is 94.3 Å². The Morgan fingerprint density at radius 2 is 1.51 bits per heavy atom. The molecule has 3 heterocycles. The van der Waals surface area contributed by atoms with E-state index in [4.69, 9.17) is 0 Å². The van der Waals surface area contributed by atoms with Gasteiger partial charge in [0.1, 0.15) is 35.7 Å². The van der Waals surface area contributed by atoms with Crippen LogP contribution in [-0.2, 0) is 38.4 Å². The number of Topliss-reactive ketones (excluding diaryl/α,β-unsaturated/α-hetero) is 2. The van der Waals surface area contributed by atoms with Gasteiger partial charge in [0, 0.05) is 50.6 Å². The number of nitrogens with one attached hydrogen (secondary N) is 6. The number of allylic oxidation sites excluding steroid dienone is 2. The molecule has 3 aliphatic heterocycles. The molecule has 16 heteroatoms. The second-order valence-corrected chi connectivity index (χ2v) is 24.7. The summed E-state index contributed by atoms with van der Waals surface area (Å²) < 4.78 is 0. The van der Waals surface area contributed by atoms with E-state index < -0.39 is 36.0 Å². The Morgan fingerprint density at radius 1 is 0.841 bits per heavy atom. The van der Waals surface area contributed by atoms with Gasteiger partial charge in [-0.2, -0.15) is 0 Å². The average Bonchev–Trinajstić information content (AvgIpc) is 3.43. The molecule has 16 nitrogen and oxygen atoms in total. The number of carbonyl (C=O) groups is 8. The molecule has 6 amide bonds. The van der Waals surface area contributed by atoms with Gasteiger partial charge in [0.2, 0.25) is 23.6 Å². The molecule has 5 rings (SSSR count). The summed E-state index contributed by atoms with van der Waals surface area (Å²) in [5.41, 5.74) is 10.0. The molecule has 3 aliphatic rings. The molecule has 2 fully saturated rings. The lowest BCUT2D eigenvalue weighted by atomic mass is 9.81. The van der Waals surface area contributed by atoms with Crippen molar-refractivity contribution >= 4 is 59.2 Å². The zero-order valence-corrected chi connectivity index (χ0v) is 50.2. The van der Waals surface area contributed by atoms with E-state index in [2.05, 4.69) is 91.2 Å². The van der Waals surface area contributed by atoms with E-state index in [1.807, 2.05) is 90.1 Å². The molecule has 2 saturated heterocycles. The maximum Gasteiger partial charge on any atom is 0.258 e. The molecular weight excluding hydrogens is 1030 g/mol. The summed E-state index contributed by atoms with van der Waals surface area (Å²) >= 11 is 0. The topological polar surface area (TPSA) is 215 Å². The number of hydrazine groups is 2. The molecule has 0 spiro atoms. The first-order chi connectivity index (χ1) is 37.6. The largest absolute Gasteiger partial charge is 0.348 e. The average molecular weight is 1140 g/mol. The summed E-state index contributed by atoms with van der Waals surface area (Å²) in [5.74, 6) is -2.58. The fourth-order valence-electron chi connectivity index (χ4n) is 10.2. The van der Waals surface area contributed by atoms with Crippen LogP contribution in [0.5, 0.6) is 0 Å². The van der Waals surface area contributed by atoms with E-state index in [1.54, 1.807) is 19.9 Å². The predicted octanol–water partition coefficient (Wildman–Crippen LogP) is 10.7. The van der Waals surface area contributed by atoms with Crippen molar-refractivity contribution in [1.82, 2.24) is 42.1 Å². The monoisotopic (exact) mass is 1140 g/mol. The van der Waals surface area contributed by atoms with Crippen molar-refractivity contribution < 1.29 is 38.4 Å². The summed E-state index contributed by atoms with van der Waals surface area (Å²) in [6.07, 6.45) is 14.6. The fraction of sp³-hybridized carbons (Fsp3) is 0.606. The molecule has 82 heavy (non-hydrogen) atoms. The summed E-state index contributed by atoms with van der Waals surface area (Å²) in [6, 6.07) is 12.8. The molecule has 4 bridgehead atoms. The van der Waals surface area contributed by atoms with Crippen LogP contribution in [0.2, 0.25) is 0 Å². The number of benzene rings is 2. The zero-order chi connectivity index (χ0) is 59.5. The Balaban J connectivity index is 0.000000547. The smallest absolute Gasteiger partial charge is 0.258 e. The maximum atomic E-state index is 13.2. The van der Waals surface area contributed by atoms with Crippen LogP contribution < -0.4 is 32.1 Å². The Hall–Kier alpha value is -6.26. The Labute approximate surface area is 492 Å². The third-order valence-corrected chi connectivity index (χ3v) is 15.8. The zero-order valence-electron chi connectivity index (χ0n) is 50.2. The highest BCUT2D eigenvalue weighted by molar-refractivity contribution is 5.92. The van der Waals surface area contributed by atoms with Crippen molar-refractivity contribution in [3.63, 3.8) is 0 Å². The van der Waals surface area contributed by atoms with E-state index >= 15 is 0 Å². The molecule has 2 aromatic carbocycles. The van der Waals surface area contributed by atoms with Crippen LogP contribution in [0.4, 0.5) is 0 Å². The van der Waals surface area contributed by atoms with Gasteiger partial charge in [0.05, 0.1) is 12.1 Å². The van der Waals surface area contributed by atoms with Gasteiger partial charge in [-0.3, -0.25) is 48.4 Å². The molecule has 0 unspecified atom stereocenters. The molecule has 8 atom stereocenters. The molecule has 0 aliphatic carbocycles. The van der Waals surface area contributed by atoms with Crippen LogP contribution in [0.25, 0.3) is 12.2 Å². The number of hydrogen-bond donors (Lipinski definition) is 6. The standard InChI is InChI=1S/C33H50N4O4.C31H46N4O4.2CH4/c1-9-17-33(7,8)18-16-27(38)21-28(22(3)4)30(39)35-24(6)32(41)37-19-12-15-29(36-37)31(40)34-23(5)26-14-11-13-25(10-2)20-26;1-20(2)26-19-25(36)14-16-31(5,6)15-8-11-23-10-7-12-24(18-23)21(3)32-29(38)27-13-9-17-35(34-27)30(39)22(4)33-28(26)37;;/h9-11,13-14,20,22-24,28-29,36H,1-2,12,15-19,21H2,3-8H3,(H,34,40)(H,35,39);7-8,10-12,18,20-22,26-27,34H,9,13-17,19H2,1-6H3,(H,32,38)(H,33,37);2*1H4/b;11-8+;;/t23-,24+,28+,29+;21-,22+,26+,27+;;/m11../s1. The third kappa shape index (κ3) is 22.8. The van der Waals surface area contributed by atoms with Gasteiger partial charge < -0.3 is 21.3 Å². The van der Waals surface area contributed by atoms with Crippen molar-refractivity contribution in [2.24, 2.45) is 34.5 Å². The highest BCUT2D eigenvalue weighted by Gasteiger charge is 2.36. The number of hydrogen-bond acceptors (Lipinski definition) is 10. The van der Waals surface area contributed by atoms with E-state index in [0.29, 0.717) is 51.6 Å². The predicted molar refractivity (Wildman–Crippen MR) is 331 cm³/mol. The maximum absolute atomic E-state index is 13.2. The molecule has 2 aromatic rings. The quantitative estimate of drug-likeness (QED) is 0.0875. The Kier molecular flexibility index (Phi) is 29.6. The molecule has 0 aromatic heterocycles. The van der Waals surface area contributed by atoms with E-state index in [9.17, 15) is 38.4 Å². The van der Waals surface area contributed by atoms with Gasteiger partial charge in [-0.25, -0.2) is 10.9 Å². The summed E-state index contributed by atoms with van der Waals surface area (Å²) in [4.78, 5) is 105. The number of carbonyl (C=O) groups excluding carboxylic acids is 8. The van der Waals surface area contributed by atoms with Crippen molar-refractivity contribution in [2.75, 3.05) is 13.1 Å². The van der Waals surface area contributed by atoms with Gasteiger partial charge in [-0.1, -0.05) is 138 Å². The first kappa shape index (κ1) is 71.8. The summed E-state index contributed by atoms with van der Waals surface area (Å²) in [5, 5.41) is 14.6. The number of nitrogens with zero attached hydrogens (tertiary/aromatic N) is 2. The Bertz CT molecular complexity index is 2520.